The average molecular weight is 694 g/mol. The topological polar surface area (TPSA) is 337 Å². The second-order valence-corrected chi connectivity index (χ2v) is 13.7. The molecule has 7 aliphatic heterocycles. The highest BCUT2D eigenvalue weighted by Crippen LogP contribution is 2.52. The number of rotatable bonds is 2. The van der Waals surface area contributed by atoms with Gasteiger partial charge in [-0.3, -0.25) is 48.3 Å². The number of nitrogens with one attached hydrogen (secondary N) is 2. The van der Waals surface area contributed by atoms with Crippen LogP contribution in [0.4, 0.5) is 0 Å². The first-order valence-electron chi connectivity index (χ1n) is 13.6. The second kappa shape index (κ2) is 11.2. The molecule has 26 heteroatoms. The molecule has 2 amide bonds. The van der Waals surface area contributed by atoms with Crippen molar-refractivity contribution in [1.29, 1.82) is 0 Å². The zero-order valence-electron chi connectivity index (χ0n) is 23.1. The summed E-state index contributed by atoms with van der Waals surface area (Å²) in [6.45, 7) is -1.69. The molecule has 252 valence electrons. The Morgan fingerprint density at radius 3 is 1.54 bits per heavy atom. The summed E-state index contributed by atoms with van der Waals surface area (Å²) >= 11 is 0. The average Bonchev–Trinajstić information content (AvgIpc) is 3.72. The van der Waals surface area contributed by atoms with E-state index in [0.29, 0.717) is 0 Å². The number of phosphoric acid groups is 2. The fourth-order valence-corrected chi connectivity index (χ4v) is 7.87. The van der Waals surface area contributed by atoms with Crippen LogP contribution < -0.4 is 22.1 Å². The summed E-state index contributed by atoms with van der Waals surface area (Å²) in [7, 11) is -10.2. The highest BCUT2D eigenvalue weighted by atomic mass is 31.2. The van der Waals surface area contributed by atoms with Gasteiger partial charge in [0.05, 0.1) is 25.9 Å². The maximum absolute atomic E-state index is 13.1. The van der Waals surface area contributed by atoms with Crippen LogP contribution in [-0.4, -0.2) is 153 Å². The number of aliphatic hydroxyl groups excluding tert-OH is 2. The summed E-state index contributed by atoms with van der Waals surface area (Å²) in [5, 5.41) is 26.9. The number of phosphoric ester groups is 2. The van der Waals surface area contributed by atoms with Crippen molar-refractivity contribution in [3.63, 3.8) is 0 Å². The standard InChI is InChI=1S/C20H28N10O14P2/c21-19-25-13-7(15(33)27-19)23-3-29(13)17-9(31)11-5(41-17)1-39-45(35,36)44-12-6(2-40-46(37,38)43-11)42-18(10(12)32)30-4-24-8-14(30)26-20(22)28-16(8)34/h3-14,17-18,31-32H,1-2H2,(H,35,36)(H,37,38)(H3,21,25,27,33)(H3,22,26,28,34)/t5-,6-,7?,8?,9-,10-,11-,12-,13?,14?,17-,18-/m1/s1. The molecule has 3 saturated heterocycles. The Labute approximate surface area is 257 Å². The van der Waals surface area contributed by atoms with E-state index in [2.05, 4.69) is 30.6 Å². The second-order valence-electron chi connectivity index (χ2n) is 10.9. The van der Waals surface area contributed by atoms with Crippen molar-refractivity contribution in [3.05, 3.63) is 0 Å². The number of ether oxygens (including phenoxy) is 2. The molecule has 0 radical (unpaired) electrons. The maximum atomic E-state index is 13.1. The van der Waals surface area contributed by atoms with E-state index < -0.39 is 114 Å². The summed E-state index contributed by atoms with van der Waals surface area (Å²) in [6, 6.07) is -2.09. The molecule has 0 spiro atoms. The van der Waals surface area contributed by atoms with E-state index in [1.54, 1.807) is 0 Å². The molecular weight excluding hydrogens is 666 g/mol. The summed E-state index contributed by atoms with van der Waals surface area (Å²) in [4.78, 5) is 64.5. The lowest BCUT2D eigenvalue weighted by Gasteiger charge is -2.33. The predicted molar refractivity (Wildman–Crippen MR) is 146 cm³/mol. The highest BCUT2D eigenvalue weighted by molar-refractivity contribution is 7.47. The van der Waals surface area contributed by atoms with Crippen LogP contribution in [0.1, 0.15) is 0 Å². The fourth-order valence-electron chi connectivity index (χ4n) is 5.94. The van der Waals surface area contributed by atoms with E-state index in [1.165, 1.54) is 9.80 Å². The van der Waals surface area contributed by atoms with E-state index in [9.17, 15) is 38.7 Å². The van der Waals surface area contributed by atoms with Crippen molar-refractivity contribution in [2.24, 2.45) is 31.4 Å². The van der Waals surface area contributed by atoms with Crippen LogP contribution in [0.2, 0.25) is 0 Å². The van der Waals surface area contributed by atoms with Gasteiger partial charge >= 0.3 is 15.6 Å². The first kappa shape index (κ1) is 31.5. The van der Waals surface area contributed by atoms with Gasteiger partial charge in [-0.05, 0) is 0 Å². The van der Waals surface area contributed by atoms with E-state index in [1.807, 2.05) is 0 Å². The number of nitrogens with two attached hydrogens (primary N) is 2. The number of hydrogen-bond donors (Lipinski definition) is 8. The molecule has 7 aliphatic rings. The molecule has 0 saturated carbocycles. The van der Waals surface area contributed by atoms with Crippen LogP contribution in [0.15, 0.2) is 20.0 Å². The Hall–Kier alpha value is -3.12. The lowest BCUT2D eigenvalue weighted by atomic mass is 10.1. The smallest absolute Gasteiger partial charge is 0.386 e. The third kappa shape index (κ3) is 5.48. The number of carbonyl (C=O) groups excluding carboxylic acids is 2. The largest absolute Gasteiger partial charge is 0.472 e. The zero-order valence-corrected chi connectivity index (χ0v) is 24.9. The van der Waals surface area contributed by atoms with Crippen LogP contribution in [0.25, 0.3) is 0 Å². The van der Waals surface area contributed by atoms with Gasteiger partial charge in [0.1, 0.15) is 36.6 Å². The van der Waals surface area contributed by atoms with E-state index in [-0.39, 0.29) is 11.9 Å². The van der Waals surface area contributed by atoms with Crippen LogP contribution in [-0.2, 0) is 46.3 Å². The molecule has 10 N–H and O–H groups in total. The Kier molecular flexibility index (Phi) is 7.70. The number of nitrogens with zero attached hydrogens (tertiary/aromatic N) is 6. The van der Waals surface area contributed by atoms with Gasteiger partial charge in [-0.15, -0.1) is 0 Å². The number of guanidine groups is 2. The molecule has 46 heavy (non-hydrogen) atoms. The minimum Gasteiger partial charge on any atom is -0.386 e. The predicted octanol–water partition coefficient (Wildman–Crippen LogP) is -5.86. The number of carbonyl (C=O) groups is 2. The number of aliphatic hydroxyl groups is 2. The summed E-state index contributed by atoms with van der Waals surface area (Å²) in [6.07, 6.45) is -12.5. The minimum atomic E-state index is -5.08. The van der Waals surface area contributed by atoms with Gasteiger partial charge in [-0.2, -0.15) is 0 Å². The van der Waals surface area contributed by atoms with Crippen molar-refractivity contribution in [1.82, 2.24) is 20.4 Å². The molecule has 7 heterocycles. The van der Waals surface area contributed by atoms with E-state index >= 15 is 0 Å². The van der Waals surface area contributed by atoms with Crippen molar-refractivity contribution in [3.8, 4) is 0 Å². The first-order chi connectivity index (χ1) is 21.7. The molecule has 0 aromatic carbocycles. The van der Waals surface area contributed by atoms with Crippen LogP contribution >= 0.6 is 15.6 Å². The molecule has 0 aromatic rings. The Bertz CT molecular complexity index is 1420. The fraction of sp³-hybridized carbons (Fsp3) is 0.700. The maximum Gasteiger partial charge on any atom is 0.472 e. The summed E-state index contributed by atoms with van der Waals surface area (Å²) < 4.78 is 58.5. The van der Waals surface area contributed by atoms with Crippen molar-refractivity contribution >= 4 is 52.1 Å². The third-order valence-electron chi connectivity index (χ3n) is 8.00. The van der Waals surface area contributed by atoms with Gasteiger partial charge in [-0.1, -0.05) is 0 Å². The molecule has 6 unspecified atom stereocenters. The number of aliphatic imine (C=N–C) groups is 4. The number of amides is 2. The van der Waals surface area contributed by atoms with Crippen LogP contribution in [0.3, 0.4) is 0 Å². The van der Waals surface area contributed by atoms with Gasteiger partial charge in [0.25, 0.3) is 11.8 Å². The van der Waals surface area contributed by atoms with Gasteiger partial charge in [0.2, 0.25) is 0 Å². The SMILES string of the molecule is NC1=NC2C(N=CN2[C@@H]2O[C@@H]3COP(=O)(O)O[C@H]4[C@@H](O)[C@H](N5C=NC6C(=O)NC(N)=NC65)O[C@@H]4COP(=O)(O)O[C@H]3[C@H]2O)C(=O)N1. The van der Waals surface area contributed by atoms with Gasteiger partial charge < -0.3 is 50.7 Å². The minimum absolute atomic E-state index is 0.220. The van der Waals surface area contributed by atoms with Crippen molar-refractivity contribution in [2.75, 3.05) is 13.2 Å². The van der Waals surface area contributed by atoms with Crippen LogP contribution in [0, 0.1) is 0 Å². The molecule has 14 atom stereocenters. The highest BCUT2D eigenvalue weighted by Gasteiger charge is 2.57. The van der Waals surface area contributed by atoms with E-state index in [4.69, 9.17) is 39.0 Å². The van der Waals surface area contributed by atoms with Crippen molar-refractivity contribution in [2.45, 2.75) is 73.5 Å². The van der Waals surface area contributed by atoms with Gasteiger partial charge in [0.15, 0.2) is 48.8 Å². The number of hydrogen-bond acceptors (Lipinski definition) is 20. The number of fused-ring (bicyclic) bond motifs is 4. The molecule has 0 aliphatic carbocycles. The Morgan fingerprint density at radius 1 is 0.761 bits per heavy atom. The molecule has 0 aromatic heterocycles. The third-order valence-corrected chi connectivity index (χ3v) is 9.97. The first-order valence-corrected chi connectivity index (χ1v) is 16.6. The van der Waals surface area contributed by atoms with Gasteiger partial charge in [-0.25, -0.2) is 19.1 Å². The van der Waals surface area contributed by atoms with E-state index in [0.717, 1.165) is 12.7 Å². The lowest BCUT2D eigenvalue weighted by Crippen LogP contribution is -2.57. The Balaban J connectivity index is 1.11. The lowest BCUT2D eigenvalue weighted by molar-refractivity contribution is -0.125. The molecule has 0 bridgehead atoms. The molecule has 24 nitrogen and oxygen atoms in total. The van der Waals surface area contributed by atoms with Crippen LogP contribution in [0.5, 0.6) is 0 Å². The normalized spacial score (nSPS) is 48.7. The Morgan fingerprint density at radius 2 is 1.15 bits per heavy atom. The quantitative estimate of drug-likeness (QED) is 0.125. The molecule has 7 rings (SSSR count). The summed E-state index contributed by atoms with van der Waals surface area (Å²) in [5.74, 6) is -1.59. The molecule has 3 fully saturated rings. The van der Waals surface area contributed by atoms with Gasteiger partial charge in [0, 0.05) is 0 Å². The zero-order chi connectivity index (χ0) is 32.7. The molecular formula is C20H28N10O14P2. The summed E-state index contributed by atoms with van der Waals surface area (Å²) in [5.41, 5.74) is 11.3. The van der Waals surface area contributed by atoms with Crippen molar-refractivity contribution < 1.29 is 66.3 Å². The monoisotopic (exact) mass is 694 g/mol.